The first-order chi connectivity index (χ1) is 17.3. The summed E-state index contributed by atoms with van der Waals surface area (Å²) in [6.07, 6.45) is 10.0. The monoisotopic (exact) mass is 496 g/mol. The van der Waals surface area contributed by atoms with Crippen LogP contribution in [0.4, 0.5) is 4.39 Å². The van der Waals surface area contributed by atoms with Gasteiger partial charge in [0.15, 0.2) is 0 Å². The molecule has 2 aromatic rings. The second-order valence-electron chi connectivity index (χ2n) is 10.3. The highest BCUT2D eigenvalue weighted by molar-refractivity contribution is 5.90. The zero-order valence-electron chi connectivity index (χ0n) is 21.8. The van der Waals surface area contributed by atoms with Crippen LogP contribution in [0.1, 0.15) is 100 Å². The van der Waals surface area contributed by atoms with Crippen molar-refractivity contribution >= 4 is 11.9 Å². The van der Waals surface area contributed by atoms with Crippen molar-refractivity contribution < 1.29 is 23.8 Å². The number of unbranched alkanes of at least 4 members (excludes halogenated alkanes) is 3. The number of benzene rings is 2. The summed E-state index contributed by atoms with van der Waals surface area (Å²) in [6.45, 7) is 4.12. The van der Waals surface area contributed by atoms with Gasteiger partial charge in [0, 0.05) is 5.92 Å². The fourth-order valence-corrected chi connectivity index (χ4v) is 5.20. The zero-order valence-corrected chi connectivity index (χ0v) is 21.8. The van der Waals surface area contributed by atoms with E-state index in [1.807, 2.05) is 43.3 Å². The average Bonchev–Trinajstić information content (AvgIpc) is 2.90. The van der Waals surface area contributed by atoms with Crippen molar-refractivity contribution in [3.8, 4) is 11.1 Å². The number of rotatable bonds is 13. The van der Waals surface area contributed by atoms with Crippen LogP contribution in [0.15, 0.2) is 48.5 Å². The molecule has 0 amide bonds. The average molecular weight is 497 g/mol. The van der Waals surface area contributed by atoms with Crippen molar-refractivity contribution in [1.29, 1.82) is 0 Å². The third kappa shape index (κ3) is 7.65. The molecule has 2 aromatic carbocycles. The number of esters is 1. The highest BCUT2D eigenvalue weighted by atomic mass is 19.1. The molecule has 0 spiro atoms. The molecule has 5 heteroatoms. The smallest absolute Gasteiger partial charge is 0.341 e. The van der Waals surface area contributed by atoms with E-state index >= 15 is 4.39 Å². The molecule has 196 valence electrons. The number of ether oxygens (including phenoxy) is 1. The molecular formula is C31H41FO4. The lowest BCUT2D eigenvalue weighted by molar-refractivity contribution is -0.156. The first kappa shape index (κ1) is 27.9. The lowest BCUT2D eigenvalue weighted by atomic mass is 9.75. The Hall–Kier alpha value is -2.69. The quantitative estimate of drug-likeness (QED) is 0.224. The maximum Gasteiger partial charge on any atom is 0.341 e. The molecule has 1 aliphatic rings. The van der Waals surface area contributed by atoms with Crippen LogP contribution in [0.5, 0.6) is 0 Å². The first-order valence-corrected chi connectivity index (χ1v) is 13.7. The molecule has 0 heterocycles. The molecule has 0 radical (unpaired) electrons. The van der Waals surface area contributed by atoms with E-state index < -0.39 is 17.6 Å². The lowest BCUT2D eigenvalue weighted by Gasteiger charge is -2.33. The Morgan fingerprint density at radius 1 is 0.972 bits per heavy atom. The highest BCUT2D eigenvalue weighted by Gasteiger charge is 2.46. The van der Waals surface area contributed by atoms with E-state index in [-0.39, 0.29) is 18.5 Å². The molecule has 2 atom stereocenters. The van der Waals surface area contributed by atoms with Crippen LogP contribution >= 0.6 is 0 Å². The standard InChI is InChI=1S/C31H41FO4/c1-3-4-5-7-10-23(2)36-29(33)27-19-17-26(18-20-27)25-15-13-24(14-16-25)21-22-31(32,30(34)35)28-11-8-6-9-12-28/h13-20,23,28H,3-12,21-22H2,1-2H3,(H,34,35)/t23-,31+/m1/s1. The summed E-state index contributed by atoms with van der Waals surface area (Å²) in [5, 5.41) is 9.62. The van der Waals surface area contributed by atoms with Crippen LogP contribution in [0.25, 0.3) is 11.1 Å². The number of aryl methyl sites for hydroxylation is 1. The fourth-order valence-electron chi connectivity index (χ4n) is 5.20. The van der Waals surface area contributed by atoms with Gasteiger partial charge in [-0.15, -0.1) is 0 Å². The molecule has 0 aromatic heterocycles. The van der Waals surface area contributed by atoms with Gasteiger partial charge in [-0.05, 0) is 74.3 Å². The van der Waals surface area contributed by atoms with E-state index in [0.717, 1.165) is 48.8 Å². The summed E-state index contributed by atoms with van der Waals surface area (Å²) >= 11 is 0. The topological polar surface area (TPSA) is 63.6 Å². The minimum absolute atomic E-state index is 0.000180. The molecule has 1 N–H and O–H groups in total. The number of carboxylic acids is 1. The van der Waals surface area contributed by atoms with Crippen LogP contribution in [-0.4, -0.2) is 28.8 Å². The number of hydrogen-bond acceptors (Lipinski definition) is 3. The molecule has 0 unspecified atom stereocenters. The Morgan fingerprint density at radius 2 is 1.58 bits per heavy atom. The number of carbonyl (C=O) groups is 2. The molecular weight excluding hydrogens is 455 g/mol. The van der Waals surface area contributed by atoms with E-state index in [4.69, 9.17) is 4.74 Å². The van der Waals surface area contributed by atoms with E-state index in [2.05, 4.69) is 6.92 Å². The van der Waals surface area contributed by atoms with Gasteiger partial charge >= 0.3 is 11.9 Å². The largest absolute Gasteiger partial charge is 0.479 e. The molecule has 36 heavy (non-hydrogen) atoms. The zero-order chi connectivity index (χ0) is 26.0. The third-order valence-corrected chi connectivity index (χ3v) is 7.57. The molecule has 3 rings (SSSR count). The van der Waals surface area contributed by atoms with Gasteiger partial charge in [-0.3, -0.25) is 0 Å². The molecule has 1 fully saturated rings. The number of aliphatic carboxylic acids is 1. The SMILES string of the molecule is CCCCCC[C@@H](C)OC(=O)c1ccc(-c2ccc(CC[C@@](F)(C(=O)O)C3CCCCC3)cc2)cc1. The summed E-state index contributed by atoms with van der Waals surface area (Å²) in [5.41, 5.74) is 1.26. The van der Waals surface area contributed by atoms with Crippen molar-refractivity contribution in [1.82, 2.24) is 0 Å². The summed E-state index contributed by atoms with van der Waals surface area (Å²) < 4.78 is 21.0. The molecule has 1 saturated carbocycles. The second kappa shape index (κ2) is 13.6. The Labute approximate surface area is 215 Å². The van der Waals surface area contributed by atoms with E-state index in [0.29, 0.717) is 24.8 Å². The Kier molecular flexibility index (Phi) is 10.5. The van der Waals surface area contributed by atoms with E-state index in [9.17, 15) is 14.7 Å². The first-order valence-electron chi connectivity index (χ1n) is 13.7. The molecule has 0 aliphatic heterocycles. The second-order valence-corrected chi connectivity index (χ2v) is 10.3. The van der Waals surface area contributed by atoms with Crippen molar-refractivity contribution in [2.75, 3.05) is 0 Å². The predicted octanol–water partition coefficient (Wildman–Crippen LogP) is 8.18. The summed E-state index contributed by atoms with van der Waals surface area (Å²) in [4.78, 5) is 24.2. The minimum atomic E-state index is -2.16. The highest BCUT2D eigenvalue weighted by Crippen LogP contribution is 2.38. The van der Waals surface area contributed by atoms with E-state index in [1.54, 1.807) is 12.1 Å². The summed E-state index contributed by atoms with van der Waals surface area (Å²) in [6, 6.07) is 15.1. The number of carboxylic acid groups (broad SMARTS) is 1. The van der Waals surface area contributed by atoms with Gasteiger partial charge in [0.25, 0.3) is 0 Å². The Morgan fingerprint density at radius 3 is 2.17 bits per heavy atom. The van der Waals surface area contributed by atoms with Gasteiger partial charge in [-0.2, -0.15) is 0 Å². The predicted molar refractivity (Wildman–Crippen MR) is 142 cm³/mol. The van der Waals surface area contributed by atoms with Crippen LogP contribution in [0.3, 0.4) is 0 Å². The third-order valence-electron chi connectivity index (χ3n) is 7.57. The number of alkyl halides is 1. The van der Waals surface area contributed by atoms with Crippen molar-refractivity contribution in [2.45, 2.75) is 103 Å². The fraction of sp³-hybridized carbons (Fsp3) is 0.548. The van der Waals surface area contributed by atoms with Crippen molar-refractivity contribution in [3.05, 3.63) is 59.7 Å². The molecule has 0 bridgehead atoms. The molecule has 4 nitrogen and oxygen atoms in total. The van der Waals surface area contributed by atoms with Crippen molar-refractivity contribution in [3.63, 3.8) is 0 Å². The number of carbonyl (C=O) groups excluding carboxylic acids is 1. The summed E-state index contributed by atoms with van der Waals surface area (Å²) in [7, 11) is 0. The van der Waals surface area contributed by atoms with Gasteiger partial charge in [0.1, 0.15) is 0 Å². The van der Waals surface area contributed by atoms with Crippen LogP contribution < -0.4 is 0 Å². The Bertz CT molecular complexity index is 963. The molecule has 1 aliphatic carbocycles. The summed E-state index contributed by atoms with van der Waals surface area (Å²) in [5.74, 6) is -2.02. The maximum absolute atomic E-state index is 15.5. The lowest BCUT2D eigenvalue weighted by Crippen LogP contribution is -2.43. The minimum Gasteiger partial charge on any atom is -0.479 e. The van der Waals surface area contributed by atoms with Gasteiger partial charge < -0.3 is 9.84 Å². The van der Waals surface area contributed by atoms with Crippen LogP contribution in [0, 0.1) is 5.92 Å². The normalized spacial score (nSPS) is 16.8. The molecule has 0 saturated heterocycles. The van der Waals surface area contributed by atoms with Crippen molar-refractivity contribution in [2.24, 2.45) is 5.92 Å². The van der Waals surface area contributed by atoms with E-state index in [1.165, 1.54) is 19.3 Å². The van der Waals surface area contributed by atoms with Gasteiger partial charge in [0.2, 0.25) is 5.67 Å². The van der Waals surface area contributed by atoms with Crippen LogP contribution in [-0.2, 0) is 16.0 Å². The van der Waals surface area contributed by atoms with Gasteiger partial charge in [-0.1, -0.05) is 81.8 Å². The maximum atomic E-state index is 15.5. The van der Waals surface area contributed by atoms with Crippen LogP contribution in [0.2, 0.25) is 0 Å². The van der Waals surface area contributed by atoms with Gasteiger partial charge in [0.05, 0.1) is 11.7 Å². The number of halogens is 1. The number of hydrogen-bond donors (Lipinski definition) is 1. The van der Waals surface area contributed by atoms with Gasteiger partial charge in [-0.25, -0.2) is 14.0 Å². The Balaban J connectivity index is 1.55.